The molecule has 1 aliphatic rings. The number of aromatic nitrogens is 1. The van der Waals surface area contributed by atoms with E-state index in [1.165, 1.54) is 0 Å². The van der Waals surface area contributed by atoms with Gasteiger partial charge in [-0.2, -0.15) is 26.3 Å². The van der Waals surface area contributed by atoms with Gasteiger partial charge in [-0.1, -0.05) is 0 Å². The molecule has 12 heteroatoms. The van der Waals surface area contributed by atoms with Gasteiger partial charge >= 0.3 is 24.4 Å². The SMILES string of the molecule is O=C(O)[C@@H]1CN(C(=O)NCCc2cc(C(F)(F)F)ccn2)C[C@H]1C(F)(F)F. The molecular formula is C15H15F6N3O3. The van der Waals surface area contributed by atoms with Crippen molar-refractivity contribution in [1.29, 1.82) is 0 Å². The average Bonchev–Trinajstić information content (AvgIpc) is 3.00. The van der Waals surface area contributed by atoms with Crippen LogP contribution in [0.15, 0.2) is 18.3 Å². The summed E-state index contributed by atoms with van der Waals surface area (Å²) in [5, 5.41) is 11.2. The number of likely N-dealkylation sites (tertiary alicyclic amines) is 1. The zero-order valence-corrected chi connectivity index (χ0v) is 13.6. The first-order chi connectivity index (χ1) is 12.4. The van der Waals surface area contributed by atoms with Gasteiger partial charge in [0, 0.05) is 37.9 Å². The molecule has 0 radical (unpaired) electrons. The molecule has 2 rings (SSSR count). The fourth-order valence-electron chi connectivity index (χ4n) is 2.75. The monoisotopic (exact) mass is 399 g/mol. The van der Waals surface area contributed by atoms with Crippen molar-refractivity contribution >= 4 is 12.0 Å². The summed E-state index contributed by atoms with van der Waals surface area (Å²) in [6.07, 6.45) is -8.42. The number of alkyl halides is 6. The largest absolute Gasteiger partial charge is 0.481 e. The summed E-state index contributed by atoms with van der Waals surface area (Å²) in [5.74, 6) is -5.59. The molecule has 2 amide bonds. The van der Waals surface area contributed by atoms with E-state index >= 15 is 0 Å². The summed E-state index contributed by atoms with van der Waals surface area (Å²) in [6, 6.07) is 0.678. The summed E-state index contributed by atoms with van der Waals surface area (Å²) < 4.78 is 76.5. The van der Waals surface area contributed by atoms with Gasteiger partial charge in [-0.3, -0.25) is 9.78 Å². The van der Waals surface area contributed by atoms with Crippen molar-refractivity contribution in [3.63, 3.8) is 0 Å². The number of hydrogen-bond donors (Lipinski definition) is 2. The number of rotatable bonds is 4. The smallest absolute Gasteiger partial charge is 0.416 e. The van der Waals surface area contributed by atoms with Gasteiger partial charge in [0.05, 0.1) is 17.4 Å². The molecule has 2 atom stereocenters. The second kappa shape index (κ2) is 7.61. The van der Waals surface area contributed by atoms with E-state index in [1.54, 1.807) is 0 Å². The molecule has 0 aromatic carbocycles. The Morgan fingerprint density at radius 1 is 1.22 bits per heavy atom. The van der Waals surface area contributed by atoms with Gasteiger partial charge in [0.1, 0.15) is 0 Å². The molecule has 27 heavy (non-hydrogen) atoms. The van der Waals surface area contributed by atoms with Crippen LogP contribution in [0, 0.1) is 11.8 Å². The zero-order valence-electron chi connectivity index (χ0n) is 13.6. The first-order valence-electron chi connectivity index (χ1n) is 7.74. The Bertz CT molecular complexity index is 707. The lowest BCUT2D eigenvalue weighted by molar-refractivity contribution is -0.187. The van der Waals surface area contributed by atoms with Crippen molar-refractivity contribution < 1.29 is 41.0 Å². The number of halogens is 6. The first kappa shape index (κ1) is 20.8. The molecule has 1 aromatic rings. The number of nitrogens with zero attached hydrogens (tertiary/aromatic N) is 2. The minimum Gasteiger partial charge on any atom is -0.481 e. The Morgan fingerprint density at radius 2 is 1.89 bits per heavy atom. The van der Waals surface area contributed by atoms with E-state index in [9.17, 15) is 35.9 Å². The highest BCUT2D eigenvalue weighted by Gasteiger charge is 2.53. The van der Waals surface area contributed by atoms with Crippen molar-refractivity contribution in [3.05, 3.63) is 29.6 Å². The number of pyridine rings is 1. The fraction of sp³-hybridized carbons (Fsp3) is 0.533. The summed E-state index contributed by atoms with van der Waals surface area (Å²) in [7, 11) is 0. The predicted molar refractivity (Wildman–Crippen MR) is 78.6 cm³/mol. The van der Waals surface area contributed by atoms with Crippen LogP contribution >= 0.6 is 0 Å². The molecule has 0 spiro atoms. The molecule has 1 fully saturated rings. The maximum atomic E-state index is 12.9. The van der Waals surface area contributed by atoms with Crippen LogP contribution in [-0.2, 0) is 17.4 Å². The number of hydrogen-bond acceptors (Lipinski definition) is 3. The van der Waals surface area contributed by atoms with E-state index in [4.69, 9.17) is 5.11 Å². The maximum absolute atomic E-state index is 12.9. The quantitative estimate of drug-likeness (QED) is 0.763. The maximum Gasteiger partial charge on any atom is 0.416 e. The fourth-order valence-corrected chi connectivity index (χ4v) is 2.75. The molecule has 150 valence electrons. The van der Waals surface area contributed by atoms with Crippen molar-refractivity contribution in [2.75, 3.05) is 19.6 Å². The van der Waals surface area contributed by atoms with Gasteiger partial charge in [0.15, 0.2) is 0 Å². The average molecular weight is 399 g/mol. The molecule has 2 heterocycles. The number of carbonyl (C=O) groups is 2. The van der Waals surface area contributed by atoms with Crippen LogP contribution in [0.4, 0.5) is 31.1 Å². The van der Waals surface area contributed by atoms with Crippen molar-refractivity contribution in [1.82, 2.24) is 15.2 Å². The summed E-state index contributed by atoms with van der Waals surface area (Å²) in [6.45, 7) is -1.57. The Labute approximate surface area is 149 Å². The number of urea groups is 1. The van der Waals surface area contributed by atoms with E-state index < -0.39 is 54.8 Å². The van der Waals surface area contributed by atoms with E-state index in [1.807, 2.05) is 0 Å². The van der Waals surface area contributed by atoms with Gasteiger partial charge in [0.2, 0.25) is 0 Å². The second-order valence-electron chi connectivity index (χ2n) is 6.01. The Kier molecular flexibility index (Phi) is 5.85. The number of nitrogens with one attached hydrogen (secondary N) is 1. The normalized spacial score (nSPS) is 20.6. The van der Waals surface area contributed by atoms with Gasteiger partial charge in [0.25, 0.3) is 0 Å². The minimum absolute atomic E-state index is 0.0446. The molecule has 0 aliphatic carbocycles. The third kappa shape index (κ3) is 5.23. The van der Waals surface area contributed by atoms with Crippen molar-refractivity contribution in [2.24, 2.45) is 11.8 Å². The Balaban J connectivity index is 1.92. The van der Waals surface area contributed by atoms with Crippen molar-refractivity contribution in [3.8, 4) is 0 Å². The predicted octanol–water partition coefficient (Wildman–Crippen LogP) is 2.55. The van der Waals surface area contributed by atoms with Gasteiger partial charge < -0.3 is 15.3 Å². The van der Waals surface area contributed by atoms with Crippen LogP contribution in [0.5, 0.6) is 0 Å². The molecule has 1 aromatic heterocycles. The molecule has 0 unspecified atom stereocenters. The number of aliphatic carboxylic acids is 1. The van der Waals surface area contributed by atoms with Gasteiger partial charge in [-0.05, 0) is 12.1 Å². The van der Waals surface area contributed by atoms with E-state index in [-0.39, 0.29) is 18.7 Å². The molecular weight excluding hydrogens is 384 g/mol. The van der Waals surface area contributed by atoms with Crippen LogP contribution in [0.1, 0.15) is 11.3 Å². The first-order valence-corrected chi connectivity index (χ1v) is 7.74. The highest BCUT2D eigenvalue weighted by Crippen LogP contribution is 2.37. The molecule has 1 aliphatic heterocycles. The van der Waals surface area contributed by atoms with Crippen LogP contribution in [0.25, 0.3) is 0 Å². The third-order valence-electron chi connectivity index (χ3n) is 4.15. The summed E-state index contributed by atoms with van der Waals surface area (Å²) in [5.41, 5.74) is -0.862. The number of carboxylic acid groups (broad SMARTS) is 1. The van der Waals surface area contributed by atoms with E-state index in [0.29, 0.717) is 0 Å². The topological polar surface area (TPSA) is 82.5 Å². The van der Waals surface area contributed by atoms with Crippen LogP contribution in [-0.4, -0.2) is 52.8 Å². The standard InChI is InChI=1S/C15H15F6N3O3/c16-14(17,18)8-1-3-22-9(5-8)2-4-23-13(27)24-6-10(12(25)26)11(7-24)15(19,20)21/h1,3,5,10-11H,2,4,6-7H2,(H,23,27)(H,25,26)/t10-,11-/m1/s1. The molecule has 6 nitrogen and oxygen atoms in total. The highest BCUT2D eigenvalue weighted by atomic mass is 19.4. The summed E-state index contributed by atoms with van der Waals surface area (Å²) >= 11 is 0. The molecule has 1 saturated heterocycles. The van der Waals surface area contributed by atoms with Crippen LogP contribution in [0.3, 0.4) is 0 Å². The van der Waals surface area contributed by atoms with E-state index in [0.717, 1.165) is 23.2 Å². The Hall–Kier alpha value is -2.53. The molecule has 0 saturated carbocycles. The van der Waals surface area contributed by atoms with E-state index in [2.05, 4.69) is 10.3 Å². The number of carboxylic acids is 1. The number of amides is 2. The number of carbonyl (C=O) groups excluding carboxylic acids is 1. The lowest BCUT2D eigenvalue weighted by atomic mass is 9.96. The summed E-state index contributed by atoms with van der Waals surface area (Å²) in [4.78, 5) is 27.4. The molecule has 0 bridgehead atoms. The lowest BCUT2D eigenvalue weighted by Gasteiger charge is -2.18. The minimum atomic E-state index is -4.76. The second-order valence-corrected chi connectivity index (χ2v) is 6.01. The highest BCUT2D eigenvalue weighted by molar-refractivity contribution is 5.77. The van der Waals surface area contributed by atoms with Gasteiger partial charge in [-0.25, -0.2) is 4.79 Å². The Morgan fingerprint density at radius 3 is 2.41 bits per heavy atom. The van der Waals surface area contributed by atoms with Crippen molar-refractivity contribution in [2.45, 2.75) is 18.8 Å². The third-order valence-corrected chi connectivity index (χ3v) is 4.15. The molecule has 2 N–H and O–H groups in total. The lowest BCUT2D eigenvalue weighted by Crippen LogP contribution is -2.40. The van der Waals surface area contributed by atoms with Gasteiger partial charge in [-0.15, -0.1) is 0 Å². The van der Waals surface area contributed by atoms with Crippen LogP contribution in [0.2, 0.25) is 0 Å². The zero-order chi connectivity index (χ0) is 20.4. The van der Waals surface area contributed by atoms with Crippen LogP contribution < -0.4 is 5.32 Å².